The Hall–Kier alpha value is -0.991. The van der Waals surface area contributed by atoms with Crippen molar-refractivity contribution in [1.29, 1.82) is 0 Å². The maximum atomic E-state index is 10.8. The van der Waals surface area contributed by atoms with Crippen molar-refractivity contribution in [2.45, 2.75) is 26.4 Å². The zero-order valence-electron chi connectivity index (χ0n) is 8.87. The van der Waals surface area contributed by atoms with Crippen LogP contribution in [0.5, 0.6) is 5.75 Å². The molecule has 0 aromatic heterocycles. The summed E-state index contributed by atoms with van der Waals surface area (Å²) in [6, 6.07) is 6.63. The molecule has 0 aliphatic heterocycles. The van der Waals surface area contributed by atoms with Crippen molar-refractivity contribution < 1.29 is 31.7 Å². The second kappa shape index (κ2) is 5.19. The molecule has 1 aromatic rings. The molecule has 1 radical (unpaired) electrons. The van der Waals surface area contributed by atoms with Gasteiger partial charge in [0.25, 0.3) is 0 Å². The van der Waals surface area contributed by atoms with Gasteiger partial charge in [-0.1, -0.05) is 12.1 Å². The fourth-order valence-corrected chi connectivity index (χ4v) is 1.06. The van der Waals surface area contributed by atoms with Gasteiger partial charge >= 0.3 is 5.97 Å². The summed E-state index contributed by atoms with van der Waals surface area (Å²) in [7, 11) is 0. The summed E-state index contributed by atoms with van der Waals surface area (Å²) in [6.45, 7) is 5.64. The van der Waals surface area contributed by atoms with Crippen LogP contribution < -0.4 is 4.74 Å². The van der Waals surface area contributed by atoms with Gasteiger partial charge < -0.3 is 9.84 Å². The molecule has 1 aromatic carbocycles. The van der Waals surface area contributed by atoms with Gasteiger partial charge in [-0.25, -0.2) is 4.79 Å². The van der Waals surface area contributed by atoms with E-state index in [-0.39, 0.29) is 28.2 Å². The number of carbonyl (C=O) groups is 1. The number of carboxylic acids is 1. The molecular weight excluding hydrogens is 244 g/mol. The quantitative estimate of drug-likeness (QED) is 0.829. The molecule has 0 aliphatic carbocycles. The molecular formula is C11H14CuO3. The third-order valence-corrected chi connectivity index (χ3v) is 1.53. The van der Waals surface area contributed by atoms with Crippen LogP contribution in [0.25, 0.3) is 0 Å². The summed E-state index contributed by atoms with van der Waals surface area (Å²) in [5, 5.41) is 8.88. The molecule has 0 saturated heterocycles. The standard InChI is InChI=1S/C11H14O3.Cu/c1-11(2,3)14-9-7-5-4-6-8(9)10(12)13;/h4-7H,1-3H3,(H,12,13);. The fraction of sp³-hybridized carbons (Fsp3) is 0.364. The number of hydrogen-bond acceptors (Lipinski definition) is 2. The summed E-state index contributed by atoms with van der Waals surface area (Å²) < 4.78 is 5.51. The molecule has 0 amide bonds. The molecule has 87 valence electrons. The van der Waals surface area contributed by atoms with E-state index in [9.17, 15) is 4.79 Å². The van der Waals surface area contributed by atoms with Crippen molar-refractivity contribution in [2.75, 3.05) is 0 Å². The zero-order chi connectivity index (χ0) is 10.8. The molecule has 0 bridgehead atoms. The zero-order valence-corrected chi connectivity index (χ0v) is 9.82. The van der Waals surface area contributed by atoms with E-state index >= 15 is 0 Å². The third-order valence-electron chi connectivity index (χ3n) is 1.53. The number of benzene rings is 1. The van der Waals surface area contributed by atoms with Crippen molar-refractivity contribution in [1.82, 2.24) is 0 Å². The van der Waals surface area contributed by atoms with Crippen LogP contribution in [0.3, 0.4) is 0 Å². The number of carboxylic acid groups (broad SMARTS) is 1. The van der Waals surface area contributed by atoms with Gasteiger partial charge in [-0.2, -0.15) is 0 Å². The van der Waals surface area contributed by atoms with E-state index in [1.807, 2.05) is 20.8 Å². The molecule has 3 nitrogen and oxygen atoms in total. The maximum absolute atomic E-state index is 10.8. The van der Waals surface area contributed by atoms with Crippen molar-refractivity contribution in [2.24, 2.45) is 0 Å². The molecule has 0 saturated carbocycles. The minimum absolute atomic E-state index is 0. The van der Waals surface area contributed by atoms with E-state index < -0.39 is 5.97 Å². The first-order chi connectivity index (χ1) is 6.40. The van der Waals surface area contributed by atoms with Crippen LogP contribution in [0, 0.1) is 0 Å². The van der Waals surface area contributed by atoms with Gasteiger partial charge in [0.2, 0.25) is 0 Å². The van der Waals surface area contributed by atoms with Crippen LogP contribution in [-0.4, -0.2) is 16.7 Å². The van der Waals surface area contributed by atoms with Gasteiger partial charge in [0.1, 0.15) is 16.9 Å². The second-order valence-corrected chi connectivity index (χ2v) is 4.02. The van der Waals surface area contributed by atoms with Crippen LogP contribution >= 0.6 is 0 Å². The minimum Gasteiger partial charge on any atom is -0.487 e. The predicted molar refractivity (Wildman–Crippen MR) is 53.8 cm³/mol. The van der Waals surface area contributed by atoms with Crippen LogP contribution in [0.1, 0.15) is 31.1 Å². The van der Waals surface area contributed by atoms with Crippen LogP contribution in [0.2, 0.25) is 0 Å². The molecule has 4 heteroatoms. The largest absolute Gasteiger partial charge is 0.487 e. The Balaban J connectivity index is 0.00000196. The van der Waals surface area contributed by atoms with Gasteiger partial charge in [-0.05, 0) is 32.9 Å². The molecule has 15 heavy (non-hydrogen) atoms. The van der Waals surface area contributed by atoms with E-state index in [1.54, 1.807) is 18.2 Å². The summed E-state index contributed by atoms with van der Waals surface area (Å²) in [5.41, 5.74) is -0.187. The first kappa shape index (κ1) is 14.0. The predicted octanol–water partition coefficient (Wildman–Crippen LogP) is 2.56. The number of rotatable bonds is 2. The Morgan fingerprint density at radius 1 is 1.27 bits per heavy atom. The monoisotopic (exact) mass is 257 g/mol. The Morgan fingerprint density at radius 2 is 1.80 bits per heavy atom. The van der Waals surface area contributed by atoms with Crippen LogP contribution in [0.15, 0.2) is 24.3 Å². The summed E-state index contributed by atoms with van der Waals surface area (Å²) >= 11 is 0. The first-order valence-corrected chi connectivity index (χ1v) is 4.41. The van der Waals surface area contributed by atoms with Gasteiger partial charge in [0.05, 0.1) is 0 Å². The van der Waals surface area contributed by atoms with Gasteiger partial charge in [-0.15, -0.1) is 0 Å². The molecule has 1 rings (SSSR count). The number of ether oxygens (including phenoxy) is 1. The van der Waals surface area contributed by atoms with E-state index in [4.69, 9.17) is 9.84 Å². The van der Waals surface area contributed by atoms with E-state index in [0.29, 0.717) is 5.75 Å². The van der Waals surface area contributed by atoms with E-state index in [2.05, 4.69) is 0 Å². The normalized spacial score (nSPS) is 10.3. The first-order valence-electron chi connectivity index (χ1n) is 4.41. The van der Waals surface area contributed by atoms with Crippen molar-refractivity contribution in [3.63, 3.8) is 0 Å². The summed E-state index contributed by atoms with van der Waals surface area (Å²) in [5.74, 6) is -0.558. The number of aromatic carboxylic acids is 1. The number of hydrogen-bond donors (Lipinski definition) is 1. The van der Waals surface area contributed by atoms with Gasteiger partial charge in [0.15, 0.2) is 0 Å². The molecule has 0 fully saturated rings. The van der Waals surface area contributed by atoms with E-state index in [1.165, 1.54) is 6.07 Å². The Labute approximate surface area is 99.9 Å². The molecule has 0 unspecified atom stereocenters. The smallest absolute Gasteiger partial charge is 0.339 e. The minimum atomic E-state index is -0.968. The Morgan fingerprint density at radius 3 is 2.27 bits per heavy atom. The summed E-state index contributed by atoms with van der Waals surface area (Å²) in [4.78, 5) is 10.8. The molecule has 0 heterocycles. The topological polar surface area (TPSA) is 46.5 Å². The average molecular weight is 258 g/mol. The van der Waals surface area contributed by atoms with Gasteiger partial charge in [-0.3, -0.25) is 0 Å². The second-order valence-electron chi connectivity index (χ2n) is 4.02. The van der Waals surface area contributed by atoms with Crippen LogP contribution in [-0.2, 0) is 17.1 Å². The molecule has 0 spiro atoms. The average Bonchev–Trinajstić information content (AvgIpc) is 2.01. The third kappa shape index (κ3) is 4.36. The fourth-order valence-electron chi connectivity index (χ4n) is 1.06. The SMILES string of the molecule is CC(C)(C)Oc1ccccc1C(=O)O.[Cu]. The maximum Gasteiger partial charge on any atom is 0.339 e. The Bertz CT molecular complexity index is 342. The molecule has 0 aliphatic rings. The van der Waals surface area contributed by atoms with E-state index in [0.717, 1.165) is 0 Å². The number of para-hydroxylation sites is 1. The van der Waals surface area contributed by atoms with Crippen LogP contribution in [0.4, 0.5) is 0 Å². The van der Waals surface area contributed by atoms with Crippen molar-refractivity contribution in [3.8, 4) is 5.75 Å². The van der Waals surface area contributed by atoms with Crippen molar-refractivity contribution in [3.05, 3.63) is 29.8 Å². The molecule has 0 atom stereocenters. The Kier molecular flexibility index (Phi) is 4.85. The molecule has 1 N–H and O–H groups in total. The summed E-state index contributed by atoms with van der Waals surface area (Å²) in [6.07, 6.45) is 0. The van der Waals surface area contributed by atoms with Crippen molar-refractivity contribution >= 4 is 5.97 Å². The van der Waals surface area contributed by atoms with Gasteiger partial charge in [0, 0.05) is 17.1 Å².